The summed E-state index contributed by atoms with van der Waals surface area (Å²) >= 11 is 0. The number of hydrogen-bond donors (Lipinski definition) is 1. The van der Waals surface area contributed by atoms with Crippen molar-refractivity contribution >= 4 is 30.7 Å². The van der Waals surface area contributed by atoms with E-state index in [0.29, 0.717) is 42.5 Å². The van der Waals surface area contributed by atoms with Crippen LogP contribution in [0, 0.1) is 11.7 Å². The predicted molar refractivity (Wildman–Crippen MR) is 108 cm³/mol. The Hall–Kier alpha value is -1.63. The maximum Gasteiger partial charge on any atom is 0.223 e. The standard InChI is InChI=1S/C19H24FN3O2.2ClH/c1-13-8-9-23(14(10-13)11-21)19(24)7-6-18-22-12-17(25-18)15-4-2-3-5-16(15)20;;/h2-5,12-14H,6-11,21H2,1H3;2*1H. The molecule has 1 aliphatic heterocycles. The van der Waals surface area contributed by atoms with Gasteiger partial charge in [0.1, 0.15) is 5.82 Å². The highest BCUT2D eigenvalue weighted by Crippen LogP contribution is 2.25. The Morgan fingerprint density at radius 3 is 2.81 bits per heavy atom. The molecule has 3 rings (SSSR count). The van der Waals surface area contributed by atoms with Crippen LogP contribution in [0.3, 0.4) is 0 Å². The molecule has 8 heteroatoms. The maximum atomic E-state index is 13.8. The number of piperidine rings is 1. The van der Waals surface area contributed by atoms with Gasteiger partial charge in [-0.15, -0.1) is 24.8 Å². The van der Waals surface area contributed by atoms with Gasteiger partial charge in [0, 0.05) is 32.0 Å². The van der Waals surface area contributed by atoms with Crippen LogP contribution in [0.1, 0.15) is 32.1 Å². The number of likely N-dealkylation sites (tertiary alicyclic amines) is 1. The first kappa shape index (κ1) is 23.4. The molecular formula is C19H26Cl2FN3O2. The number of benzene rings is 1. The van der Waals surface area contributed by atoms with Crippen LogP contribution in [-0.2, 0) is 11.2 Å². The van der Waals surface area contributed by atoms with E-state index < -0.39 is 0 Å². The van der Waals surface area contributed by atoms with Gasteiger partial charge in [-0.2, -0.15) is 0 Å². The van der Waals surface area contributed by atoms with Crippen molar-refractivity contribution in [2.75, 3.05) is 13.1 Å². The molecule has 0 aliphatic carbocycles. The summed E-state index contributed by atoms with van der Waals surface area (Å²) in [4.78, 5) is 18.6. The van der Waals surface area contributed by atoms with Crippen molar-refractivity contribution in [3.8, 4) is 11.3 Å². The second-order valence-electron chi connectivity index (χ2n) is 6.70. The number of hydrogen-bond acceptors (Lipinski definition) is 4. The molecule has 27 heavy (non-hydrogen) atoms. The van der Waals surface area contributed by atoms with Crippen LogP contribution in [0.5, 0.6) is 0 Å². The van der Waals surface area contributed by atoms with Gasteiger partial charge in [0.05, 0.1) is 11.8 Å². The summed E-state index contributed by atoms with van der Waals surface area (Å²) in [5.41, 5.74) is 6.20. The fraction of sp³-hybridized carbons (Fsp3) is 0.474. The van der Waals surface area contributed by atoms with E-state index in [-0.39, 0.29) is 42.6 Å². The highest BCUT2D eigenvalue weighted by Gasteiger charge is 2.28. The first-order valence-electron chi connectivity index (χ1n) is 8.77. The molecule has 0 radical (unpaired) electrons. The lowest BCUT2D eigenvalue weighted by Crippen LogP contribution is -2.49. The molecule has 1 aromatic heterocycles. The van der Waals surface area contributed by atoms with Crippen molar-refractivity contribution in [1.82, 2.24) is 9.88 Å². The molecular weight excluding hydrogens is 392 g/mol. The van der Waals surface area contributed by atoms with E-state index in [1.807, 2.05) is 4.90 Å². The minimum atomic E-state index is -0.352. The van der Waals surface area contributed by atoms with E-state index in [0.717, 1.165) is 19.4 Å². The highest BCUT2D eigenvalue weighted by atomic mass is 35.5. The molecule has 2 aromatic rings. The molecule has 2 atom stereocenters. The third-order valence-corrected chi connectivity index (χ3v) is 4.82. The molecule has 1 aromatic carbocycles. The Kier molecular flexibility index (Phi) is 9.22. The minimum absolute atomic E-state index is 0. The molecule has 1 saturated heterocycles. The number of halogens is 3. The molecule has 150 valence electrons. The van der Waals surface area contributed by atoms with E-state index in [4.69, 9.17) is 10.2 Å². The van der Waals surface area contributed by atoms with Gasteiger partial charge in [-0.1, -0.05) is 19.1 Å². The van der Waals surface area contributed by atoms with Crippen LogP contribution < -0.4 is 5.73 Å². The van der Waals surface area contributed by atoms with Gasteiger partial charge < -0.3 is 15.1 Å². The molecule has 2 unspecified atom stereocenters. The zero-order chi connectivity index (χ0) is 17.8. The molecule has 2 N–H and O–H groups in total. The van der Waals surface area contributed by atoms with Crippen LogP contribution in [-0.4, -0.2) is 34.9 Å². The third kappa shape index (κ3) is 5.67. The number of amides is 1. The zero-order valence-electron chi connectivity index (χ0n) is 15.3. The highest BCUT2D eigenvalue weighted by molar-refractivity contribution is 5.85. The third-order valence-electron chi connectivity index (χ3n) is 4.82. The number of carbonyl (C=O) groups excluding carboxylic acids is 1. The average molecular weight is 418 g/mol. The molecule has 0 bridgehead atoms. The van der Waals surface area contributed by atoms with Gasteiger partial charge in [-0.3, -0.25) is 4.79 Å². The van der Waals surface area contributed by atoms with E-state index in [2.05, 4.69) is 11.9 Å². The fourth-order valence-electron chi connectivity index (χ4n) is 3.37. The van der Waals surface area contributed by atoms with Crippen LogP contribution >= 0.6 is 24.8 Å². The second kappa shape index (κ2) is 10.6. The Balaban J connectivity index is 0.00000182. The average Bonchev–Trinajstić information content (AvgIpc) is 3.08. The predicted octanol–water partition coefficient (Wildman–Crippen LogP) is 3.84. The summed E-state index contributed by atoms with van der Waals surface area (Å²) in [5, 5.41) is 0. The molecule has 0 spiro atoms. The number of aryl methyl sites for hydroxylation is 1. The fourth-order valence-corrected chi connectivity index (χ4v) is 3.37. The minimum Gasteiger partial charge on any atom is -0.441 e. The summed E-state index contributed by atoms with van der Waals surface area (Å²) in [7, 11) is 0. The van der Waals surface area contributed by atoms with Crippen molar-refractivity contribution in [2.24, 2.45) is 11.7 Å². The Labute approximate surface area is 171 Å². The summed E-state index contributed by atoms with van der Waals surface area (Å²) in [6.07, 6.45) is 4.19. The van der Waals surface area contributed by atoms with Gasteiger partial charge >= 0.3 is 0 Å². The van der Waals surface area contributed by atoms with Crippen LogP contribution in [0.2, 0.25) is 0 Å². The number of nitrogens with two attached hydrogens (primary N) is 1. The largest absolute Gasteiger partial charge is 0.441 e. The molecule has 1 fully saturated rings. The number of nitrogens with zero attached hydrogens (tertiary/aromatic N) is 2. The SMILES string of the molecule is CC1CCN(C(=O)CCc2ncc(-c3ccccc3F)o2)C(CN)C1.Cl.Cl. The first-order chi connectivity index (χ1) is 12.1. The van der Waals surface area contributed by atoms with Gasteiger partial charge in [0.2, 0.25) is 5.91 Å². The summed E-state index contributed by atoms with van der Waals surface area (Å²) in [6, 6.07) is 6.52. The summed E-state index contributed by atoms with van der Waals surface area (Å²) in [5.74, 6) is 1.16. The lowest BCUT2D eigenvalue weighted by molar-refractivity contribution is -0.135. The van der Waals surface area contributed by atoms with Gasteiger partial charge in [-0.25, -0.2) is 9.37 Å². The van der Waals surface area contributed by atoms with Crippen LogP contribution in [0.25, 0.3) is 11.3 Å². The number of rotatable bonds is 5. The zero-order valence-corrected chi connectivity index (χ0v) is 16.9. The molecule has 1 aliphatic rings. The van der Waals surface area contributed by atoms with Gasteiger partial charge in [0.15, 0.2) is 11.7 Å². The van der Waals surface area contributed by atoms with E-state index in [1.54, 1.807) is 18.2 Å². The monoisotopic (exact) mass is 417 g/mol. The molecule has 0 saturated carbocycles. The van der Waals surface area contributed by atoms with Gasteiger partial charge in [0.25, 0.3) is 0 Å². The van der Waals surface area contributed by atoms with Gasteiger partial charge in [-0.05, 0) is 30.9 Å². The maximum absolute atomic E-state index is 13.8. The molecule has 1 amide bonds. The van der Waals surface area contributed by atoms with Crippen molar-refractivity contribution in [3.05, 3.63) is 42.2 Å². The van der Waals surface area contributed by atoms with E-state index in [1.165, 1.54) is 12.3 Å². The summed E-state index contributed by atoms with van der Waals surface area (Å²) < 4.78 is 19.4. The number of oxazole rings is 1. The molecule has 5 nitrogen and oxygen atoms in total. The van der Waals surface area contributed by atoms with Crippen molar-refractivity contribution in [2.45, 2.75) is 38.6 Å². The lowest BCUT2D eigenvalue weighted by atomic mass is 9.92. The van der Waals surface area contributed by atoms with E-state index >= 15 is 0 Å². The van der Waals surface area contributed by atoms with E-state index in [9.17, 15) is 9.18 Å². The Morgan fingerprint density at radius 1 is 1.37 bits per heavy atom. The van der Waals surface area contributed by atoms with Crippen LogP contribution in [0.15, 0.2) is 34.9 Å². The first-order valence-corrected chi connectivity index (χ1v) is 8.77. The lowest BCUT2D eigenvalue weighted by Gasteiger charge is -2.38. The van der Waals surface area contributed by atoms with Crippen molar-refractivity contribution in [1.29, 1.82) is 0 Å². The Bertz CT molecular complexity index is 741. The van der Waals surface area contributed by atoms with Crippen molar-refractivity contribution in [3.63, 3.8) is 0 Å². The number of aromatic nitrogens is 1. The Morgan fingerprint density at radius 2 is 2.11 bits per heavy atom. The smallest absolute Gasteiger partial charge is 0.223 e. The number of carbonyl (C=O) groups is 1. The summed E-state index contributed by atoms with van der Waals surface area (Å²) in [6.45, 7) is 3.45. The topological polar surface area (TPSA) is 72.4 Å². The van der Waals surface area contributed by atoms with Crippen LogP contribution in [0.4, 0.5) is 4.39 Å². The van der Waals surface area contributed by atoms with Crippen molar-refractivity contribution < 1.29 is 13.6 Å². The molecule has 2 heterocycles. The second-order valence-corrected chi connectivity index (χ2v) is 6.70. The normalized spacial score (nSPS) is 19.1. The quantitative estimate of drug-likeness (QED) is 0.801.